The van der Waals surface area contributed by atoms with E-state index >= 15 is 0 Å². The summed E-state index contributed by atoms with van der Waals surface area (Å²) in [5, 5.41) is 3.12. The van der Waals surface area contributed by atoms with Gasteiger partial charge in [-0.1, -0.05) is 35.3 Å². The molecular weight excluding hydrogens is 474 g/mol. The summed E-state index contributed by atoms with van der Waals surface area (Å²) in [6, 6.07) is 15.0. The van der Waals surface area contributed by atoms with Gasteiger partial charge in [-0.25, -0.2) is 12.8 Å². The molecule has 0 bridgehead atoms. The lowest BCUT2D eigenvalue weighted by Gasteiger charge is -2.23. The zero-order valence-electron chi connectivity index (χ0n) is 17.4. The van der Waals surface area contributed by atoms with E-state index < -0.39 is 34.8 Å². The zero-order chi connectivity index (χ0) is 23.5. The van der Waals surface area contributed by atoms with Crippen LogP contribution in [0.5, 0.6) is 0 Å². The van der Waals surface area contributed by atoms with Gasteiger partial charge in [0.2, 0.25) is 15.9 Å². The molecule has 3 aromatic carbocycles. The number of hydrogen-bond acceptors (Lipinski definition) is 3. The summed E-state index contributed by atoms with van der Waals surface area (Å²) in [5.74, 6) is -1.23. The van der Waals surface area contributed by atoms with Crippen molar-refractivity contribution in [3.05, 3.63) is 93.2 Å². The number of aryl methyl sites for hydroxylation is 2. The van der Waals surface area contributed by atoms with Crippen molar-refractivity contribution in [1.29, 1.82) is 0 Å². The van der Waals surface area contributed by atoms with Gasteiger partial charge in [-0.2, -0.15) is 4.31 Å². The number of sulfonamides is 1. The smallest absolute Gasteiger partial charge is 0.243 e. The Balaban J connectivity index is 1.93. The highest BCUT2D eigenvalue weighted by Crippen LogP contribution is 2.25. The number of anilines is 1. The number of hydrogen-bond donors (Lipinski definition) is 1. The van der Waals surface area contributed by atoms with Gasteiger partial charge in [0.1, 0.15) is 5.82 Å². The first-order chi connectivity index (χ1) is 15.1. The Morgan fingerprint density at radius 2 is 1.69 bits per heavy atom. The Morgan fingerprint density at radius 3 is 2.31 bits per heavy atom. The number of rotatable bonds is 7. The van der Waals surface area contributed by atoms with Crippen LogP contribution in [0.25, 0.3) is 0 Å². The van der Waals surface area contributed by atoms with Crippen LogP contribution in [0, 0.1) is 19.7 Å². The number of carbonyl (C=O) groups excluding carboxylic acids is 1. The Hall–Kier alpha value is -2.45. The summed E-state index contributed by atoms with van der Waals surface area (Å²) in [6.07, 6.45) is 0. The van der Waals surface area contributed by atoms with Crippen LogP contribution >= 0.6 is 23.2 Å². The molecule has 0 saturated carbocycles. The lowest BCUT2D eigenvalue weighted by atomic mass is 10.1. The molecule has 0 fully saturated rings. The highest BCUT2D eigenvalue weighted by molar-refractivity contribution is 7.89. The van der Waals surface area contributed by atoms with E-state index in [4.69, 9.17) is 23.2 Å². The summed E-state index contributed by atoms with van der Waals surface area (Å²) in [4.78, 5) is 12.7. The fourth-order valence-corrected chi connectivity index (χ4v) is 4.73. The van der Waals surface area contributed by atoms with Crippen molar-refractivity contribution in [3.8, 4) is 0 Å². The highest BCUT2D eigenvalue weighted by atomic mass is 35.5. The molecule has 0 unspecified atom stereocenters. The SMILES string of the molecule is Cc1ccc(NC(=O)CN(Cc2c(F)cccc2Cl)S(=O)(=O)c2ccc(Cl)cc2)cc1C. The van der Waals surface area contributed by atoms with Crippen molar-refractivity contribution in [2.75, 3.05) is 11.9 Å². The topological polar surface area (TPSA) is 66.5 Å². The molecule has 5 nitrogen and oxygen atoms in total. The van der Waals surface area contributed by atoms with Crippen LogP contribution in [0.2, 0.25) is 10.0 Å². The normalized spacial score (nSPS) is 11.6. The van der Waals surface area contributed by atoms with Gasteiger partial charge in [0.25, 0.3) is 0 Å². The lowest BCUT2D eigenvalue weighted by molar-refractivity contribution is -0.116. The van der Waals surface area contributed by atoms with E-state index in [0.29, 0.717) is 10.7 Å². The van der Waals surface area contributed by atoms with Crippen molar-refractivity contribution in [2.45, 2.75) is 25.3 Å². The summed E-state index contributed by atoms with van der Waals surface area (Å²) < 4.78 is 41.9. The maximum Gasteiger partial charge on any atom is 0.243 e. The number of halogens is 3. The standard InChI is InChI=1S/C23H21Cl2FN2O3S/c1-15-6-9-18(12-16(15)2)27-23(29)14-28(13-20-21(25)4-3-5-22(20)26)32(30,31)19-10-7-17(24)8-11-19/h3-12H,13-14H2,1-2H3,(H,27,29). The third-order valence-corrected chi connectivity index (χ3v) is 7.37. The molecule has 0 heterocycles. The molecule has 0 atom stereocenters. The van der Waals surface area contributed by atoms with Gasteiger partial charge in [-0.15, -0.1) is 0 Å². The summed E-state index contributed by atoms with van der Waals surface area (Å²) >= 11 is 12.0. The summed E-state index contributed by atoms with van der Waals surface area (Å²) in [7, 11) is -4.16. The number of amides is 1. The Bertz CT molecular complexity index is 1230. The fraction of sp³-hybridized carbons (Fsp3) is 0.174. The second-order valence-electron chi connectivity index (χ2n) is 7.27. The Kier molecular flexibility index (Phi) is 7.56. The minimum atomic E-state index is -4.16. The average Bonchev–Trinajstić information content (AvgIpc) is 2.73. The molecule has 3 rings (SSSR count). The molecule has 168 valence electrons. The molecule has 0 spiro atoms. The summed E-state index contributed by atoms with van der Waals surface area (Å²) in [5.41, 5.74) is 2.55. The monoisotopic (exact) mass is 494 g/mol. The Morgan fingerprint density at radius 1 is 1.00 bits per heavy atom. The molecule has 0 aliphatic rings. The van der Waals surface area contributed by atoms with E-state index in [9.17, 15) is 17.6 Å². The number of carbonyl (C=O) groups is 1. The van der Waals surface area contributed by atoms with Crippen LogP contribution in [0.1, 0.15) is 16.7 Å². The van der Waals surface area contributed by atoms with Crippen LogP contribution in [-0.4, -0.2) is 25.2 Å². The molecule has 0 aliphatic heterocycles. The van der Waals surface area contributed by atoms with E-state index in [1.54, 1.807) is 12.1 Å². The zero-order valence-corrected chi connectivity index (χ0v) is 19.7. The van der Waals surface area contributed by atoms with E-state index in [1.165, 1.54) is 42.5 Å². The van der Waals surface area contributed by atoms with Crippen LogP contribution in [0.15, 0.2) is 65.6 Å². The van der Waals surface area contributed by atoms with Crippen molar-refractivity contribution < 1.29 is 17.6 Å². The second-order valence-corrected chi connectivity index (χ2v) is 10.1. The average molecular weight is 495 g/mol. The first kappa shape index (κ1) is 24.2. The maximum absolute atomic E-state index is 14.4. The van der Waals surface area contributed by atoms with Crippen LogP contribution in [-0.2, 0) is 21.4 Å². The summed E-state index contributed by atoms with van der Waals surface area (Å²) in [6.45, 7) is 2.89. The van der Waals surface area contributed by atoms with Gasteiger partial charge in [-0.05, 0) is 73.5 Å². The maximum atomic E-state index is 14.4. The van der Waals surface area contributed by atoms with E-state index in [2.05, 4.69) is 5.32 Å². The molecular formula is C23H21Cl2FN2O3S. The van der Waals surface area contributed by atoms with Crippen molar-refractivity contribution >= 4 is 44.8 Å². The second kappa shape index (κ2) is 10.0. The number of nitrogens with one attached hydrogen (secondary N) is 1. The minimum absolute atomic E-state index is 0.0225. The molecule has 32 heavy (non-hydrogen) atoms. The third kappa shape index (κ3) is 5.66. The molecule has 0 radical (unpaired) electrons. The van der Waals surface area contributed by atoms with Gasteiger partial charge in [0.05, 0.1) is 11.4 Å². The van der Waals surface area contributed by atoms with Crippen molar-refractivity contribution in [2.24, 2.45) is 0 Å². The van der Waals surface area contributed by atoms with Gasteiger partial charge in [0, 0.05) is 27.8 Å². The molecule has 1 N–H and O–H groups in total. The minimum Gasteiger partial charge on any atom is -0.325 e. The fourth-order valence-electron chi connectivity index (χ4n) is 3.02. The first-order valence-electron chi connectivity index (χ1n) is 9.63. The van der Waals surface area contributed by atoms with E-state index in [-0.39, 0.29) is 15.5 Å². The number of nitrogens with zero attached hydrogens (tertiary/aromatic N) is 1. The molecule has 0 aliphatic carbocycles. The van der Waals surface area contributed by atoms with Crippen LogP contribution in [0.4, 0.5) is 10.1 Å². The predicted octanol–water partition coefficient (Wildman–Crippen LogP) is 5.58. The van der Waals surface area contributed by atoms with E-state index in [1.807, 2.05) is 19.9 Å². The van der Waals surface area contributed by atoms with Gasteiger partial charge in [-0.3, -0.25) is 4.79 Å². The quantitative estimate of drug-likeness (QED) is 0.466. The molecule has 0 saturated heterocycles. The lowest BCUT2D eigenvalue weighted by Crippen LogP contribution is -2.38. The molecule has 0 aromatic heterocycles. The molecule has 9 heteroatoms. The van der Waals surface area contributed by atoms with E-state index in [0.717, 1.165) is 15.4 Å². The first-order valence-corrected chi connectivity index (χ1v) is 11.8. The molecule has 3 aromatic rings. The highest BCUT2D eigenvalue weighted by Gasteiger charge is 2.28. The van der Waals surface area contributed by atoms with Crippen LogP contribution in [0.3, 0.4) is 0 Å². The van der Waals surface area contributed by atoms with Crippen molar-refractivity contribution in [3.63, 3.8) is 0 Å². The predicted molar refractivity (Wildman–Crippen MR) is 125 cm³/mol. The largest absolute Gasteiger partial charge is 0.325 e. The Labute approximate surface area is 196 Å². The molecule has 1 amide bonds. The van der Waals surface area contributed by atoms with Gasteiger partial charge in [0.15, 0.2) is 0 Å². The van der Waals surface area contributed by atoms with Crippen LogP contribution < -0.4 is 5.32 Å². The number of benzene rings is 3. The van der Waals surface area contributed by atoms with Gasteiger partial charge >= 0.3 is 0 Å². The van der Waals surface area contributed by atoms with Gasteiger partial charge < -0.3 is 5.32 Å². The third-order valence-electron chi connectivity index (χ3n) is 4.96. The van der Waals surface area contributed by atoms with Crippen molar-refractivity contribution in [1.82, 2.24) is 4.31 Å².